The number of hydrogen-bond donors (Lipinski definition) is 0. The van der Waals surface area contributed by atoms with E-state index in [-0.39, 0.29) is 5.75 Å². The lowest BCUT2D eigenvalue weighted by Crippen LogP contribution is -2.07. The zero-order valence-corrected chi connectivity index (χ0v) is 8.48. The van der Waals surface area contributed by atoms with Crippen LogP contribution < -0.4 is 4.74 Å². The second kappa shape index (κ2) is 4.40. The van der Waals surface area contributed by atoms with Crippen LogP contribution in [-0.4, -0.2) is 9.97 Å². The molecule has 0 fully saturated rings. The third-order valence-electron chi connectivity index (χ3n) is 1.89. The molecular weight excluding hydrogens is 233 g/mol. The molecule has 3 nitrogen and oxygen atoms in total. The number of hydrogen-bond acceptors (Lipinski definition) is 3. The van der Waals surface area contributed by atoms with Crippen LogP contribution in [0.4, 0.5) is 13.2 Å². The van der Waals surface area contributed by atoms with Crippen molar-refractivity contribution in [3.05, 3.63) is 48.4 Å². The molecule has 0 unspecified atom stereocenters. The molecule has 88 valence electrons. The maximum atomic E-state index is 12.2. The Labute approximate surface area is 94.9 Å². The molecule has 0 spiro atoms. The number of alkyl halides is 3. The fourth-order valence-electron chi connectivity index (χ4n) is 1.14. The summed E-state index contributed by atoms with van der Waals surface area (Å²) >= 11 is 0. The van der Waals surface area contributed by atoms with Crippen LogP contribution in [0.5, 0.6) is 11.6 Å². The fraction of sp³-hybridized carbons (Fsp3) is 0.0909. The van der Waals surface area contributed by atoms with Gasteiger partial charge in [-0.05, 0) is 18.2 Å². The SMILES string of the molecule is FC(F)(F)c1ccc(Oc2ccccn2)cn1. The lowest BCUT2D eigenvalue weighted by molar-refractivity contribution is -0.141. The average molecular weight is 240 g/mol. The molecule has 2 rings (SSSR count). The number of ether oxygens (including phenoxy) is 1. The molecule has 0 N–H and O–H groups in total. The molecule has 2 heterocycles. The Hall–Kier alpha value is -2.11. The zero-order valence-electron chi connectivity index (χ0n) is 8.48. The number of pyridine rings is 2. The van der Waals surface area contributed by atoms with Gasteiger partial charge in [-0.15, -0.1) is 0 Å². The fourth-order valence-corrected chi connectivity index (χ4v) is 1.14. The van der Waals surface area contributed by atoms with Crippen LogP contribution in [0.3, 0.4) is 0 Å². The lowest BCUT2D eigenvalue weighted by Gasteiger charge is -2.07. The summed E-state index contributed by atoms with van der Waals surface area (Å²) in [5.74, 6) is 0.505. The smallest absolute Gasteiger partial charge is 0.433 e. The van der Waals surface area contributed by atoms with E-state index in [0.29, 0.717) is 5.88 Å². The summed E-state index contributed by atoms with van der Waals surface area (Å²) in [6.07, 6.45) is -1.91. The Balaban J connectivity index is 2.14. The van der Waals surface area contributed by atoms with Gasteiger partial charge >= 0.3 is 6.18 Å². The van der Waals surface area contributed by atoms with Gasteiger partial charge in [0.1, 0.15) is 11.4 Å². The quantitative estimate of drug-likeness (QED) is 0.807. The van der Waals surface area contributed by atoms with Gasteiger partial charge in [0.05, 0.1) is 6.20 Å². The predicted octanol–water partition coefficient (Wildman–Crippen LogP) is 3.29. The molecule has 2 aromatic heterocycles. The van der Waals surface area contributed by atoms with Crippen LogP contribution in [-0.2, 0) is 6.18 Å². The van der Waals surface area contributed by atoms with Crippen molar-refractivity contribution in [3.63, 3.8) is 0 Å². The molecule has 6 heteroatoms. The molecule has 0 amide bonds. The molecule has 0 saturated heterocycles. The van der Waals surface area contributed by atoms with Crippen molar-refractivity contribution in [2.45, 2.75) is 6.18 Å². The highest BCUT2D eigenvalue weighted by Gasteiger charge is 2.32. The Kier molecular flexibility index (Phi) is 2.95. The third-order valence-corrected chi connectivity index (χ3v) is 1.89. The zero-order chi connectivity index (χ0) is 12.3. The van der Waals surface area contributed by atoms with E-state index < -0.39 is 11.9 Å². The maximum Gasteiger partial charge on any atom is 0.433 e. The molecule has 17 heavy (non-hydrogen) atoms. The average Bonchev–Trinajstić information content (AvgIpc) is 2.30. The summed E-state index contributed by atoms with van der Waals surface area (Å²) in [7, 11) is 0. The first kappa shape index (κ1) is 11.4. The van der Waals surface area contributed by atoms with Gasteiger partial charge in [0.2, 0.25) is 5.88 Å². The molecular formula is C11H7F3N2O. The van der Waals surface area contributed by atoms with Gasteiger partial charge in [-0.2, -0.15) is 13.2 Å². The molecule has 0 aromatic carbocycles. The van der Waals surface area contributed by atoms with E-state index in [2.05, 4.69) is 9.97 Å². The normalized spacial score (nSPS) is 11.2. The highest BCUT2D eigenvalue weighted by Crippen LogP contribution is 2.28. The first-order valence-electron chi connectivity index (χ1n) is 4.68. The van der Waals surface area contributed by atoms with Crippen molar-refractivity contribution in [3.8, 4) is 11.6 Å². The number of rotatable bonds is 2. The van der Waals surface area contributed by atoms with Gasteiger partial charge < -0.3 is 4.74 Å². The van der Waals surface area contributed by atoms with Gasteiger partial charge in [-0.1, -0.05) is 6.07 Å². The van der Waals surface area contributed by atoms with Crippen LogP contribution in [0.1, 0.15) is 5.69 Å². The van der Waals surface area contributed by atoms with Crippen LogP contribution >= 0.6 is 0 Å². The first-order valence-corrected chi connectivity index (χ1v) is 4.68. The summed E-state index contributed by atoms with van der Waals surface area (Å²) in [5.41, 5.74) is -0.953. The van der Waals surface area contributed by atoms with Gasteiger partial charge in [-0.3, -0.25) is 0 Å². The van der Waals surface area contributed by atoms with Gasteiger partial charge in [-0.25, -0.2) is 9.97 Å². The van der Waals surface area contributed by atoms with Crippen molar-refractivity contribution in [1.29, 1.82) is 0 Å². The molecule has 0 saturated carbocycles. The van der Waals surface area contributed by atoms with E-state index in [1.165, 1.54) is 12.3 Å². The Morgan fingerprint density at radius 1 is 1.00 bits per heavy atom. The topological polar surface area (TPSA) is 35.0 Å². The lowest BCUT2D eigenvalue weighted by atomic mass is 10.3. The molecule has 0 aliphatic rings. The van der Waals surface area contributed by atoms with Gasteiger partial charge in [0, 0.05) is 12.3 Å². The van der Waals surface area contributed by atoms with Crippen molar-refractivity contribution >= 4 is 0 Å². The summed E-state index contributed by atoms with van der Waals surface area (Å²) in [5, 5.41) is 0. The largest absolute Gasteiger partial charge is 0.437 e. The predicted molar refractivity (Wildman–Crippen MR) is 53.6 cm³/mol. The molecule has 0 aliphatic carbocycles. The van der Waals surface area contributed by atoms with Crippen LogP contribution in [0, 0.1) is 0 Å². The highest BCUT2D eigenvalue weighted by molar-refractivity contribution is 5.25. The minimum Gasteiger partial charge on any atom is -0.437 e. The molecule has 0 bridgehead atoms. The third kappa shape index (κ3) is 2.93. The van der Waals surface area contributed by atoms with E-state index in [0.717, 1.165) is 12.3 Å². The summed E-state index contributed by atoms with van der Waals surface area (Å²) in [6.45, 7) is 0. The Morgan fingerprint density at radius 2 is 1.82 bits per heavy atom. The van der Waals surface area contributed by atoms with Gasteiger partial charge in [0.15, 0.2) is 0 Å². The molecule has 0 aliphatic heterocycles. The summed E-state index contributed by atoms with van der Waals surface area (Å²) in [6, 6.07) is 7.07. The minimum absolute atomic E-state index is 0.205. The monoisotopic (exact) mass is 240 g/mol. The minimum atomic E-state index is -4.44. The summed E-state index contributed by atoms with van der Waals surface area (Å²) in [4.78, 5) is 7.14. The standard InChI is InChI=1S/C11H7F3N2O/c12-11(13,14)9-5-4-8(7-16-9)17-10-3-1-2-6-15-10/h1-7H. The maximum absolute atomic E-state index is 12.2. The van der Waals surface area contributed by atoms with Crippen LogP contribution in [0.15, 0.2) is 42.7 Å². The van der Waals surface area contributed by atoms with E-state index >= 15 is 0 Å². The van der Waals surface area contributed by atoms with Crippen LogP contribution in [0.25, 0.3) is 0 Å². The van der Waals surface area contributed by atoms with Crippen molar-refractivity contribution in [2.24, 2.45) is 0 Å². The number of aromatic nitrogens is 2. The van der Waals surface area contributed by atoms with Crippen molar-refractivity contribution in [2.75, 3.05) is 0 Å². The molecule has 2 aromatic rings. The second-order valence-electron chi connectivity index (χ2n) is 3.15. The number of nitrogens with zero attached hydrogens (tertiary/aromatic N) is 2. The van der Waals surface area contributed by atoms with Crippen molar-refractivity contribution in [1.82, 2.24) is 9.97 Å². The second-order valence-corrected chi connectivity index (χ2v) is 3.15. The molecule has 0 atom stereocenters. The Bertz CT molecular complexity index is 482. The number of halogens is 3. The summed E-state index contributed by atoms with van der Waals surface area (Å²) < 4.78 is 41.9. The van der Waals surface area contributed by atoms with E-state index in [1.807, 2.05) is 0 Å². The van der Waals surface area contributed by atoms with E-state index in [9.17, 15) is 13.2 Å². The molecule has 0 radical (unpaired) electrons. The van der Waals surface area contributed by atoms with Crippen molar-refractivity contribution < 1.29 is 17.9 Å². The van der Waals surface area contributed by atoms with Crippen LogP contribution in [0.2, 0.25) is 0 Å². The van der Waals surface area contributed by atoms with E-state index in [1.54, 1.807) is 18.2 Å². The van der Waals surface area contributed by atoms with Gasteiger partial charge in [0.25, 0.3) is 0 Å². The highest BCUT2D eigenvalue weighted by atomic mass is 19.4. The first-order chi connectivity index (χ1) is 8.05. The Morgan fingerprint density at radius 3 is 2.35 bits per heavy atom. The van der Waals surface area contributed by atoms with E-state index in [4.69, 9.17) is 4.74 Å².